The monoisotopic (exact) mass is 694 g/mol. The van der Waals surface area contributed by atoms with Gasteiger partial charge in [0.1, 0.15) is 17.1 Å². The van der Waals surface area contributed by atoms with Gasteiger partial charge in [0.2, 0.25) is 0 Å². The Morgan fingerprint density at radius 2 is 1.58 bits per heavy atom. The van der Waals surface area contributed by atoms with E-state index in [1.54, 1.807) is 24.3 Å². The lowest BCUT2D eigenvalue weighted by Crippen LogP contribution is -2.44. The molecule has 2 aromatic carbocycles. The Labute approximate surface area is 308 Å². The standard InChI is InChI=1S/C45H50N4O3/c1-8-10-22-48(23-11-9-2)35-16-12-31(13-17-35)14-18-36-27-33(39(30-46)47-7)28-37(51-36)19-15-32-26-34-29-38-41-40(42(34)52-43(32)50)45(5,6)21-25-49(41)24-20-44(38,3)4/h12-19,26-29H,8-11,20-25H2,1-6H3/b18-14+,19-15+,39-33+. The van der Waals surface area contributed by atoms with Gasteiger partial charge in [-0.1, -0.05) is 72.6 Å². The number of nitrogens with zero attached hydrogens (tertiary/aromatic N) is 4. The quantitative estimate of drug-likeness (QED) is 0.113. The van der Waals surface area contributed by atoms with Crippen molar-refractivity contribution < 1.29 is 9.15 Å². The third-order valence-electron chi connectivity index (χ3n) is 10.8. The van der Waals surface area contributed by atoms with Crippen LogP contribution in [0.25, 0.3) is 28.0 Å². The van der Waals surface area contributed by atoms with Gasteiger partial charge in [0.05, 0.1) is 18.2 Å². The highest BCUT2D eigenvalue weighted by Crippen LogP contribution is 2.51. The van der Waals surface area contributed by atoms with Gasteiger partial charge in [0, 0.05) is 48.5 Å². The Bertz CT molecular complexity index is 2120. The average Bonchev–Trinajstić information content (AvgIpc) is 3.13. The number of benzene rings is 2. The minimum absolute atomic E-state index is 0.00107. The van der Waals surface area contributed by atoms with Crippen LogP contribution in [0.3, 0.4) is 0 Å². The van der Waals surface area contributed by atoms with Crippen molar-refractivity contribution >= 4 is 34.5 Å². The van der Waals surface area contributed by atoms with E-state index in [1.165, 1.54) is 16.9 Å². The minimum Gasteiger partial charge on any atom is -0.457 e. The fourth-order valence-corrected chi connectivity index (χ4v) is 7.50. The molecule has 0 atom stereocenters. The molecule has 0 bridgehead atoms. The van der Waals surface area contributed by atoms with Crippen molar-refractivity contribution in [1.82, 2.24) is 0 Å². The van der Waals surface area contributed by atoms with Crippen molar-refractivity contribution in [2.24, 2.45) is 0 Å². The number of nitriles is 1. The third kappa shape index (κ3) is 7.51. The van der Waals surface area contributed by atoms with E-state index in [0.717, 1.165) is 81.2 Å². The first-order chi connectivity index (χ1) is 25.0. The normalized spacial score (nSPS) is 18.3. The van der Waals surface area contributed by atoms with Crippen LogP contribution in [0.1, 0.15) is 102 Å². The van der Waals surface area contributed by atoms with Crippen LogP contribution >= 0.6 is 0 Å². The molecule has 268 valence electrons. The highest BCUT2D eigenvalue weighted by Gasteiger charge is 2.42. The molecule has 3 aliphatic heterocycles. The molecule has 0 spiro atoms. The van der Waals surface area contributed by atoms with E-state index in [-0.39, 0.29) is 16.5 Å². The van der Waals surface area contributed by atoms with Crippen LogP contribution in [0.15, 0.2) is 92.7 Å². The van der Waals surface area contributed by atoms with Gasteiger partial charge in [-0.3, -0.25) is 0 Å². The number of ether oxygens (including phenoxy) is 1. The number of unbranched alkanes of at least 4 members (excludes halogenated alkanes) is 2. The van der Waals surface area contributed by atoms with Crippen molar-refractivity contribution in [3.8, 4) is 6.07 Å². The fraction of sp³-hybridized carbons (Fsp3) is 0.400. The van der Waals surface area contributed by atoms with Gasteiger partial charge in [-0.05, 0) is 108 Å². The van der Waals surface area contributed by atoms with Crippen LogP contribution in [0.5, 0.6) is 0 Å². The van der Waals surface area contributed by atoms with Gasteiger partial charge in [-0.15, -0.1) is 0 Å². The van der Waals surface area contributed by atoms with Crippen LogP contribution < -0.4 is 15.4 Å². The molecule has 0 unspecified atom stereocenters. The number of anilines is 2. The first kappa shape index (κ1) is 36.5. The Balaban J connectivity index is 1.29. The summed E-state index contributed by atoms with van der Waals surface area (Å²) in [6.07, 6.45) is 17.3. The van der Waals surface area contributed by atoms with Crippen LogP contribution in [-0.4, -0.2) is 26.2 Å². The van der Waals surface area contributed by atoms with E-state index < -0.39 is 5.63 Å². The summed E-state index contributed by atoms with van der Waals surface area (Å²) < 4.78 is 12.4. The highest BCUT2D eigenvalue weighted by molar-refractivity contribution is 5.91. The molecule has 0 saturated carbocycles. The van der Waals surface area contributed by atoms with Gasteiger partial charge >= 0.3 is 5.63 Å². The van der Waals surface area contributed by atoms with Gasteiger partial charge in [-0.2, -0.15) is 0 Å². The molecule has 1 aromatic heterocycles. The van der Waals surface area contributed by atoms with Crippen LogP contribution in [0.4, 0.5) is 11.4 Å². The fourth-order valence-electron chi connectivity index (χ4n) is 7.50. The number of hydrogen-bond acceptors (Lipinski definition) is 6. The van der Waals surface area contributed by atoms with E-state index in [0.29, 0.717) is 28.2 Å². The van der Waals surface area contributed by atoms with Crippen molar-refractivity contribution in [2.75, 3.05) is 36.0 Å². The van der Waals surface area contributed by atoms with Gasteiger partial charge in [0.25, 0.3) is 5.70 Å². The van der Waals surface area contributed by atoms with Crippen LogP contribution in [0.2, 0.25) is 0 Å². The lowest BCUT2D eigenvalue weighted by molar-refractivity contribution is 0.332. The molecule has 52 heavy (non-hydrogen) atoms. The minimum atomic E-state index is -0.420. The summed E-state index contributed by atoms with van der Waals surface area (Å²) in [6, 6.07) is 14.6. The van der Waals surface area contributed by atoms with Crippen molar-refractivity contribution in [3.63, 3.8) is 0 Å². The molecule has 0 aliphatic carbocycles. The van der Waals surface area contributed by atoms with E-state index in [2.05, 4.69) is 86.5 Å². The highest BCUT2D eigenvalue weighted by atomic mass is 16.5. The number of fused-ring (bicyclic) bond motifs is 2. The number of allylic oxidation sites excluding steroid dienone is 6. The second-order valence-corrected chi connectivity index (χ2v) is 15.5. The predicted molar refractivity (Wildman–Crippen MR) is 213 cm³/mol. The smallest absolute Gasteiger partial charge is 0.343 e. The summed E-state index contributed by atoms with van der Waals surface area (Å²) in [5.41, 5.74) is 6.83. The van der Waals surface area contributed by atoms with Gasteiger partial charge < -0.3 is 19.0 Å². The van der Waals surface area contributed by atoms with Gasteiger partial charge in [-0.25, -0.2) is 14.9 Å². The maximum atomic E-state index is 13.5. The summed E-state index contributed by atoms with van der Waals surface area (Å²) >= 11 is 0. The second-order valence-electron chi connectivity index (χ2n) is 15.5. The summed E-state index contributed by atoms with van der Waals surface area (Å²) in [7, 11) is 0. The molecule has 0 N–H and O–H groups in total. The Morgan fingerprint density at radius 3 is 2.19 bits per heavy atom. The zero-order chi connectivity index (χ0) is 37.0. The third-order valence-corrected chi connectivity index (χ3v) is 10.8. The Hall–Kier alpha value is -5.27. The molecule has 0 fully saturated rings. The van der Waals surface area contributed by atoms with Crippen molar-refractivity contribution in [3.05, 3.63) is 128 Å². The predicted octanol–water partition coefficient (Wildman–Crippen LogP) is 10.6. The lowest BCUT2D eigenvalue weighted by atomic mass is 9.69. The number of hydrogen-bond donors (Lipinski definition) is 0. The molecule has 7 heteroatoms. The largest absolute Gasteiger partial charge is 0.457 e. The Kier molecular flexibility index (Phi) is 10.6. The molecule has 4 heterocycles. The molecular formula is C45H50N4O3. The SMILES string of the molecule is [C-]#[N+]/C(C#N)=C1C=C(/C=C/c2ccc(N(CCCC)CCCC)cc2)OC(/C=C/c2cc3cc4c5c(c3oc2=O)C(C)(C)CCN5CCC4(C)C)=C\1. The second kappa shape index (κ2) is 15.1. The van der Waals surface area contributed by atoms with E-state index in [4.69, 9.17) is 15.7 Å². The molecule has 7 nitrogen and oxygen atoms in total. The lowest BCUT2D eigenvalue weighted by Gasteiger charge is -2.48. The maximum Gasteiger partial charge on any atom is 0.343 e. The molecule has 0 saturated heterocycles. The maximum absolute atomic E-state index is 13.5. The molecule has 6 rings (SSSR count). The van der Waals surface area contributed by atoms with Crippen molar-refractivity contribution in [1.29, 1.82) is 5.26 Å². The first-order valence-electron chi connectivity index (χ1n) is 18.7. The van der Waals surface area contributed by atoms with E-state index in [9.17, 15) is 10.1 Å². The first-order valence-corrected chi connectivity index (χ1v) is 18.7. The summed E-state index contributed by atoms with van der Waals surface area (Å²) in [6.45, 7) is 25.2. The summed E-state index contributed by atoms with van der Waals surface area (Å²) in [5.74, 6) is 0.889. The van der Waals surface area contributed by atoms with Crippen molar-refractivity contribution in [2.45, 2.75) is 90.9 Å². The summed E-state index contributed by atoms with van der Waals surface area (Å²) in [5, 5.41) is 10.6. The summed E-state index contributed by atoms with van der Waals surface area (Å²) in [4.78, 5) is 21.9. The Morgan fingerprint density at radius 1 is 0.942 bits per heavy atom. The molecule has 0 amide bonds. The van der Waals surface area contributed by atoms with Crippen LogP contribution in [0, 0.1) is 17.9 Å². The van der Waals surface area contributed by atoms with E-state index in [1.807, 2.05) is 24.3 Å². The topological polar surface area (TPSA) is 74.1 Å². The zero-order valence-electron chi connectivity index (χ0n) is 31.5. The average molecular weight is 695 g/mol. The number of rotatable bonds is 11. The van der Waals surface area contributed by atoms with Gasteiger partial charge in [0.15, 0.2) is 0 Å². The molecule has 3 aliphatic rings. The molecule has 0 radical (unpaired) electrons. The molecule has 3 aromatic rings. The zero-order valence-corrected chi connectivity index (χ0v) is 31.5. The van der Waals surface area contributed by atoms with E-state index >= 15 is 0 Å². The van der Waals surface area contributed by atoms with Crippen LogP contribution in [-0.2, 0) is 15.6 Å². The molecular weight excluding hydrogens is 645 g/mol.